The molecule has 0 radical (unpaired) electrons. The Hall–Kier alpha value is -3.67. The fourth-order valence-electron chi connectivity index (χ4n) is 4.21. The number of hydrogen-bond donors (Lipinski definition) is 1. The lowest BCUT2D eigenvalue weighted by Crippen LogP contribution is -2.25. The Labute approximate surface area is 206 Å². The minimum Gasteiger partial charge on any atom is -0.491 e. The highest BCUT2D eigenvalue weighted by Crippen LogP contribution is 2.27. The van der Waals surface area contributed by atoms with Gasteiger partial charge in [-0.2, -0.15) is 0 Å². The molecule has 0 atom stereocenters. The third-order valence-electron chi connectivity index (χ3n) is 6.07. The maximum atomic E-state index is 13.1. The van der Waals surface area contributed by atoms with Crippen LogP contribution in [0.2, 0.25) is 0 Å². The molecule has 3 aromatic carbocycles. The molecule has 4 aromatic rings. The maximum Gasteiger partial charge on any atom is 0.251 e. The quantitative estimate of drug-likeness (QED) is 0.285. The summed E-state index contributed by atoms with van der Waals surface area (Å²) >= 11 is 0. The number of rotatable bonds is 10. The maximum absolute atomic E-state index is 13.1. The van der Waals surface area contributed by atoms with Gasteiger partial charge in [0.2, 0.25) is 0 Å². The van der Waals surface area contributed by atoms with E-state index in [4.69, 9.17) is 9.72 Å². The third kappa shape index (κ3) is 6.07. The summed E-state index contributed by atoms with van der Waals surface area (Å²) in [5.74, 6) is 1.74. The van der Waals surface area contributed by atoms with Gasteiger partial charge in [-0.15, -0.1) is 0 Å². The summed E-state index contributed by atoms with van der Waals surface area (Å²) in [4.78, 5) is 17.1. The highest BCUT2D eigenvalue weighted by molar-refractivity contribution is 5.94. The molecule has 0 spiro atoms. The third-order valence-corrected chi connectivity index (χ3v) is 6.07. The first-order valence-corrected chi connectivity index (χ1v) is 12.1. The Morgan fingerprint density at radius 1 is 1.09 bits per heavy atom. The first kappa shape index (κ1) is 24.5. The average molecular weight is 474 g/mol. The number of benzene rings is 3. The molecule has 35 heavy (non-hydrogen) atoms. The first-order chi connectivity index (χ1) is 16.9. The monoisotopic (exact) mass is 473 g/mol. The Kier molecular flexibility index (Phi) is 7.80. The fraction of sp³-hybridized carbons (Fsp3) is 0.310. The minimum atomic E-state index is -0.354. The van der Waals surface area contributed by atoms with Crippen molar-refractivity contribution < 1.29 is 13.9 Å². The summed E-state index contributed by atoms with van der Waals surface area (Å²) in [7, 11) is 0. The van der Waals surface area contributed by atoms with E-state index in [0.29, 0.717) is 31.2 Å². The van der Waals surface area contributed by atoms with E-state index >= 15 is 0 Å². The number of carbonyl (C=O) groups is 1. The van der Waals surface area contributed by atoms with E-state index in [1.54, 1.807) is 0 Å². The minimum absolute atomic E-state index is 0.203. The Morgan fingerprint density at radius 3 is 2.63 bits per heavy atom. The van der Waals surface area contributed by atoms with Crippen LogP contribution in [0.4, 0.5) is 4.39 Å². The molecular formula is C29H32FN3O2. The van der Waals surface area contributed by atoms with E-state index in [2.05, 4.69) is 54.9 Å². The molecule has 6 heteroatoms. The number of ether oxygens (including phenoxy) is 1. The second kappa shape index (κ2) is 11.2. The molecule has 0 aliphatic rings. The predicted molar refractivity (Wildman–Crippen MR) is 138 cm³/mol. The van der Waals surface area contributed by atoms with Crippen LogP contribution in [-0.4, -0.2) is 28.6 Å². The van der Waals surface area contributed by atoms with Crippen LogP contribution in [0.3, 0.4) is 0 Å². The molecule has 1 amide bonds. The average Bonchev–Trinajstić information content (AvgIpc) is 3.19. The summed E-state index contributed by atoms with van der Waals surface area (Å²) in [6.45, 7) is 8.16. The molecular weight excluding hydrogens is 441 g/mol. The lowest BCUT2D eigenvalue weighted by atomic mass is 10.0. The van der Waals surface area contributed by atoms with Crippen LogP contribution in [0.1, 0.15) is 53.5 Å². The van der Waals surface area contributed by atoms with Crippen molar-refractivity contribution >= 4 is 16.9 Å². The van der Waals surface area contributed by atoms with E-state index in [0.717, 1.165) is 35.4 Å². The molecule has 0 aliphatic heterocycles. The summed E-state index contributed by atoms with van der Waals surface area (Å²) in [6, 6.07) is 20.0. The molecule has 1 heterocycles. The number of amides is 1. The van der Waals surface area contributed by atoms with E-state index in [9.17, 15) is 9.18 Å². The zero-order chi connectivity index (χ0) is 24.8. The number of hydrogen-bond acceptors (Lipinski definition) is 3. The summed E-state index contributed by atoms with van der Waals surface area (Å²) in [5.41, 5.74) is 4.88. The van der Waals surface area contributed by atoms with Crippen molar-refractivity contribution in [1.82, 2.24) is 14.9 Å². The van der Waals surface area contributed by atoms with Crippen molar-refractivity contribution in [2.24, 2.45) is 0 Å². The van der Waals surface area contributed by atoms with Crippen LogP contribution >= 0.6 is 0 Å². The Morgan fingerprint density at radius 2 is 1.86 bits per heavy atom. The van der Waals surface area contributed by atoms with Gasteiger partial charge in [-0.3, -0.25) is 4.79 Å². The molecule has 0 fully saturated rings. The molecule has 0 aliphatic carbocycles. The molecule has 0 saturated carbocycles. The van der Waals surface area contributed by atoms with Gasteiger partial charge in [-0.05, 0) is 72.9 Å². The molecule has 4 rings (SSSR count). The van der Waals surface area contributed by atoms with Crippen molar-refractivity contribution in [3.05, 3.63) is 95.1 Å². The van der Waals surface area contributed by atoms with Gasteiger partial charge in [0.05, 0.1) is 17.6 Å². The number of carbonyl (C=O) groups excluding carboxylic acids is 1. The van der Waals surface area contributed by atoms with E-state index in [-0.39, 0.29) is 11.7 Å². The Balaban J connectivity index is 1.39. The topological polar surface area (TPSA) is 56.1 Å². The van der Waals surface area contributed by atoms with Gasteiger partial charge >= 0.3 is 0 Å². The van der Waals surface area contributed by atoms with E-state index < -0.39 is 0 Å². The number of nitrogens with zero attached hydrogens (tertiary/aromatic N) is 2. The lowest BCUT2D eigenvalue weighted by Gasteiger charge is -2.16. The van der Waals surface area contributed by atoms with E-state index in [1.165, 1.54) is 35.4 Å². The van der Waals surface area contributed by atoms with Crippen molar-refractivity contribution in [3.8, 4) is 5.75 Å². The van der Waals surface area contributed by atoms with Crippen LogP contribution in [-0.2, 0) is 13.0 Å². The van der Waals surface area contributed by atoms with Crippen molar-refractivity contribution in [1.29, 1.82) is 0 Å². The second-order valence-electron chi connectivity index (χ2n) is 9.08. The summed E-state index contributed by atoms with van der Waals surface area (Å²) in [6.07, 6.45) is 1.46. The number of para-hydroxylation sites is 2. The van der Waals surface area contributed by atoms with Gasteiger partial charge < -0.3 is 14.6 Å². The largest absolute Gasteiger partial charge is 0.491 e. The van der Waals surface area contributed by atoms with Gasteiger partial charge in [0, 0.05) is 18.5 Å². The van der Waals surface area contributed by atoms with Gasteiger partial charge in [0.25, 0.3) is 5.91 Å². The van der Waals surface area contributed by atoms with Crippen LogP contribution in [0.15, 0.2) is 66.7 Å². The zero-order valence-electron chi connectivity index (χ0n) is 20.6. The molecule has 0 bridgehead atoms. The highest BCUT2D eigenvalue weighted by atomic mass is 19.1. The number of aryl methyl sites for hydroxylation is 2. The first-order valence-electron chi connectivity index (χ1n) is 12.1. The number of nitrogens with one attached hydrogen (secondary N) is 1. The highest BCUT2D eigenvalue weighted by Gasteiger charge is 2.13. The Bertz CT molecular complexity index is 1300. The predicted octanol–water partition coefficient (Wildman–Crippen LogP) is 6.05. The van der Waals surface area contributed by atoms with Gasteiger partial charge in [0.1, 0.15) is 24.0 Å². The number of halogens is 1. The van der Waals surface area contributed by atoms with Crippen LogP contribution < -0.4 is 10.1 Å². The number of fused-ring (bicyclic) bond motifs is 1. The molecule has 0 saturated heterocycles. The lowest BCUT2D eigenvalue weighted by molar-refractivity contribution is 0.0953. The summed E-state index contributed by atoms with van der Waals surface area (Å²) < 4.78 is 21.5. The van der Waals surface area contributed by atoms with Crippen LogP contribution in [0.5, 0.6) is 5.75 Å². The molecule has 0 unspecified atom stereocenters. The summed E-state index contributed by atoms with van der Waals surface area (Å²) in [5, 5.41) is 2.91. The molecule has 1 aromatic heterocycles. The molecule has 182 valence electrons. The van der Waals surface area contributed by atoms with Crippen LogP contribution in [0, 0.1) is 12.7 Å². The van der Waals surface area contributed by atoms with Crippen molar-refractivity contribution in [3.63, 3.8) is 0 Å². The van der Waals surface area contributed by atoms with Crippen molar-refractivity contribution in [2.45, 2.75) is 46.1 Å². The second-order valence-corrected chi connectivity index (χ2v) is 9.08. The van der Waals surface area contributed by atoms with E-state index in [1.807, 2.05) is 18.2 Å². The van der Waals surface area contributed by atoms with Gasteiger partial charge in [-0.25, -0.2) is 9.37 Å². The van der Waals surface area contributed by atoms with Gasteiger partial charge in [0.15, 0.2) is 0 Å². The normalized spacial score (nSPS) is 11.2. The standard InChI is InChI=1S/C29H32FN3O2/c1-20(2)24-15-10-21(3)19-27(24)35-18-17-33-26-8-5-4-7-25(26)32-28(33)9-6-16-31-29(34)22-11-13-23(30)14-12-22/h4-5,7-8,10-15,19-20H,6,9,16-18H2,1-3H3,(H,31,34). The molecule has 1 N–H and O–H groups in total. The number of imidazole rings is 1. The SMILES string of the molecule is Cc1ccc(C(C)C)c(OCCn2c(CCCNC(=O)c3ccc(F)cc3)nc3ccccc32)c1. The fourth-order valence-corrected chi connectivity index (χ4v) is 4.21. The zero-order valence-corrected chi connectivity index (χ0v) is 20.6. The van der Waals surface area contributed by atoms with Crippen LogP contribution in [0.25, 0.3) is 11.0 Å². The smallest absolute Gasteiger partial charge is 0.251 e. The van der Waals surface area contributed by atoms with Crippen molar-refractivity contribution in [2.75, 3.05) is 13.2 Å². The molecule has 5 nitrogen and oxygen atoms in total. The number of aromatic nitrogens is 2. The van der Waals surface area contributed by atoms with Gasteiger partial charge in [-0.1, -0.05) is 38.1 Å².